The van der Waals surface area contributed by atoms with Crippen LogP contribution in [-0.4, -0.2) is 83.8 Å². The molecule has 9 rings (SSSR count). The summed E-state index contributed by atoms with van der Waals surface area (Å²) in [5.74, 6) is -1.46. The van der Waals surface area contributed by atoms with Gasteiger partial charge in [-0.2, -0.15) is 0 Å². The molecule has 5 saturated heterocycles. The summed E-state index contributed by atoms with van der Waals surface area (Å²) >= 11 is 0. The van der Waals surface area contributed by atoms with Gasteiger partial charge in [-0.25, -0.2) is 19.0 Å². The molecule has 2 aromatic rings. The van der Waals surface area contributed by atoms with Gasteiger partial charge in [-0.3, -0.25) is 9.69 Å². The zero-order chi connectivity index (χ0) is 32.0. The fraction of sp³-hybridized carbons (Fsp3) is 0.706. The van der Waals surface area contributed by atoms with Crippen molar-refractivity contribution in [1.82, 2.24) is 9.47 Å². The van der Waals surface area contributed by atoms with E-state index in [2.05, 4.69) is 18.7 Å². The molecule has 1 aromatic carbocycles. The van der Waals surface area contributed by atoms with E-state index in [0.717, 1.165) is 58.2 Å². The number of anilines is 1. The Bertz CT molecular complexity index is 1590. The van der Waals surface area contributed by atoms with Gasteiger partial charge in [0.1, 0.15) is 11.4 Å². The highest BCUT2D eigenvalue weighted by atomic mass is 19.1. The van der Waals surface area contributed by atoms with Gasteiger partial charge in [0.2, 0.25) is 11.2 Å². The van der Waals surface area contributed by atoms with E-state index >= 15 is 4.39 Å². The minimum Gasteiger partial charge on any atom is -0.477 e. The van der Waals surface area contributed by atoms with E-state index in [4.69, 9.17) is 24.0 Å². The number of rotatable bonds is 7. The van der Waals surface area contributed by atoms with Crippen LogP contribution in [0, 0.1) is 29.5 Å². The van der Waals surface area contributed by atoms with Gasteiger partial charge in [0.05, 0.1) is 17.8 Å². The third-order valence-corrected chi connectivity index (χ3v) is 11.8. The summed E-state index contributed by atoms with van der Waals surface area (Å²) in [6, 6.07) is 3.07. The molecule has 11 nitrogen and oxygen atoms in total. The molecule has 250 valence electrons. The Morgan fingerprint density at radius 2 is 1.85 bits per heavy atom. The molecule has 1 N–H and O–H groups in total. The Morgan fingerprint density at radius 3 is 2.59 bits per heavy atom. The van der Waals surface area contributed by atoms with Crippen LogP contribution in [0.4, 0.5) is 10.1 Å². The van der Waals surface area contributed by atoms with Crippen molar-refractivity contribution in [3.63, 3.8) is 0 Å². The fourth-order valence-corrected chi connectivity index (χ4v) is 8.98. The molecular formula is C34H44FN3O8. The highest BCUT2D eigenvalue weighted by molar-refractivity contribution is 5.93. The van der Waals surface area contributed by atoms with Crippen LogP contribution in [0.5, 0.6) is 0 Å². The first kappa shape index (κ1) is 30.7. The summed E-state index contributed by atoms with van der Waals surface area (Å²) in [5.41, 5.74) is -0.544. The molecule has 7 aliphatic rings. The summed E-state index contributed by atoms with van der Waals surface area (Å²) in [4.78, 5) is 41.0. The van der Waals surface area contributed by atoms with Crippen LogP contribution in [0.1, 0.15) is 75.7 Å². The molecule has 0 radical (unpaired) electrons. The second-order valence-corrected chi connectivity index (χ2v) is 14.6. The number of carbonyl (C=O) groups is 1. The number of carboxylic acids is 1. The molecule has 2 bridgehead atoms. The molecule has 7 fully saturated rings. The van der Waals surface area contributed by atoms with Crippen molar-refractivity contribution in [3.05, 3.63) is 39.9 Å². The van der Waals surface area contributed by atoms with Crippen LogP contribution in [0.25, 0.3) is 10.9 Å². The number of aromatic nitrogens is 1. The summed E-state index contributed by atoms with van der Waals surface area (Å²) in [6.07, 6.45) is 6.24. The van der Waals surface area contributed by atoms with Gasteiger partial charge in [-0.15, -0.1) is 0 Å². The molecule has 2 saturated carbocycles. The van der Waals surface area contributed by atoms with Crippen molar-refractivity contribution in [2.75, 3.05) is 44.2 Å². The van der Waals surface area contributed by atoms with E-state index in [1.54, 1.807) is 6.07 Å². The standard InChI is InChI=1S/C34H44FN3O8/c1-19-4-7-25-20(2)31(43-32-34(25)24(19)8-9-33(3,44-32)45-46-34)42-15-14-36-10-12-37(13-11-36)28-17-27-22(16-26(28)35)29(39)23(30(40)41)18-38(27)21-5-6-21/h16-21,24-25,31-32H,4-15H2,1-3H3,(H,40,41)/t19-,20-,24?,25+,31+,32-,33+,34?/m1/s1. The lowest BCUT2D eigenvalue weighted by Crippen LogP contribution is -2.70. The number of nitrogens with zero attached hydrogens (tertiary/aromatic N) is 3. The van der Waals surface area contributed by atoms with E-state index in [9.17, 15) is 14.7 Å². The lowest BCUT2D eigenvalue weighted by molar-refractivity contribution is -0.577. The highest BCUT2D eigenvalue weighted by Crippen LogP contribution is 2.60. The number of aromatic carboxylic acids is 1. The number of halogens is 1. The van der Waals surface area contributed by atoms with Gasteiger partial charge in [0.25, 0.3) is 0 Å². The number of ether oxygens (including phenoxy) is 3. The third-order valence-electron chi connectivity index (χ3n) is 11.8. The topological polar surface area (TPSA) is 112 Å². The lowest BCUT2D eigenvalue weighted by atomic mass is 9.58. The average molecular weight is 642 g/mol. The molecular weight excluding hydrogens is 597 g/mol. The van der Waals surface area contributed by atoms with Gasteiger partial charge >= 0.3 is 5.97 Å². The van der Waals surface area contributed by atoms with Crippen molar-refractivity contribution < 1.29 is 38.3 Å². The van der Waals surface area contributed by atoms with Gasteiger partial charge in [0, 0.05) is 68.6 Å². The Balaban J connectivity index is 0.913. The Kier molecular flexibility index (Phi) is 7.50. The maximum Gasteiger partial charge on any atom is 0.341 e. The van der Waals surface area contributed by atoms with Crippen molar-refractivity contribution in [1.29, 1.82) is 0 Å². The van der Waals surface area contributed by atoms with Crippen molar-refractivity contribution in [2.24, 2.45) is 23.7 Å². The predicted molar refractivity (Wildman–Crippen MR) is 165 cm³/mol. The molecule has 0 amide bonds. The lowest BCUT2D eigenvalue weighted by Gasteiger charge is -2.60. The number of hydrogen-bond acceptors (Lipinski definition) is 9. The minimum atomic E-state index is -1.29. The second-order valence-electron chi connectivity index (χ2n) is 14.6. The van der Waals surface area contributed by atoms with Crippen molar-refractivity contribution in [2.45, 2.75) is 89.3 Å². The SMILES string of the molecule is C[C@H]1[C@@H](OCCN2CCN(c3cc4c(cc3F)c(=O)c(C(=O)O)cn4C3CC3)CC2)O[C@@H]2O[C@]3(C)CCC4[C@H](C)CC[C@@H]1C42OO3. The zero-order valence-corrected chi connectivity index (χ0v) is 26.8. The normalized spacial score (nSPS) is 37.7. The van der Waals surface area contributed by atoms with Crippen LogP contribution >= 0.6 is 0 Å². The summed E-state index contributed by atoms with van der Waals surface area (Å²) in [6.45, 7) is 10.4. The Hall–Kier alpha value is -2.61. The van der Waals surface area contributed by atoms with Gasteiger partial charge < -0.3 is 28.8 Å². The number of piperazine rings is 1. The second kappa shape index (κ2) is 11.2. The molecule has 6 heterocycles. The summed E-state index contributed by atoms with van der Waals surface area (Å²) in [5, 5.41) is 9.65. The zero-order valence-electron chi connectivity index (χ0n) is 26.8. The number of fused-ring (bicyclic) bond motifs is 3. The van der Waals surface area contributed by atoms with Crippen LogP contribution in [0.3, 0.4) is 0 Å². The molecule has 2 aliphatic carbocycles. The van der Waals surface area contributed by atoms with Crippen LogP contribution in [-0.2, 0) is 24.0 Å². The maximum absolute atomic E-state index is 15.4. The molecule has 5 aliphatic heterocycles. The van der Waals surface area contributed by atoms with Gasteiger partial charge in [0.15, 0.2) is 18.2 Å². The van der Waals surface area contributed by atoms with Gasteiger partial charge in [-0.1, -0.05) is 13.8 Å². The molecule has 2 unspecified atom stereocenters. The average Bonchev–Trinajstić information content (AvgIpc) is 3.89. The quantitative estimate of drug-likeness (QED) is 0.433. The Morgan fingerprint density at radius 1 is 1.07 bits per heavy atom. The van der Waals surface area contributed by atoms with E-state index in [1.807, 2.05) is 16.4 Å². The number of benzene rings is 1. The largest absolute Gasteiger partial charge is 0.477 e. The maximum atomic E-state index is 15.4. The van der Waals surface area contributed by atoms with Gasteiger partial charge in [-0.05, 0) is 63.0 Å². The van der Waals surface area contributed by atoms with Crippen molar-refractivity contribution in [3.8, 4) is 0 Å². The summed E-state index contributed by atoms with van der Waals surface area (Å²) in [7, 11) is 0. The van der Waals surface area contributed by atoms with Crippen LogP contribution < -0.4 is 10.3 Å². The van der Waals surface area contributed by atoms with Crippen molar-refractivity contribution >= 4 is 22.6 Å². The third kappa shape index (κ3) is 4.90. The van der Waals surface area contributed by atoms with E-state index < -0.39 is 41.2 Å². The molecule has 12 heteroatoms. The fourth-order valence-electron chi connectivity index (χ4n) is 8.98. The first-order chi connectivity index (χ1) is 22.1. The number of carboxylic acid groups (broad SMARTS) is 1. The highest BCUT2D eigenvalue weighted by Gasteiger charge is 2.69. The monoisotopic (exact) mass is 641 g/mol. The van der Waals surface area contributed by atoms with E-state index in [-0.39, 0.29) is 28.8 Å². The molecule has 1 aromatic heterocycles. The number of hydrogen-bond donors (Lipinski definition) is 1. The van der Waals surface area contributed by atoms with Crippen LogP contribution in [0.15, 0.2) is 23.1 Å². The minimum absolute atomic E-state index is 0.113. The first-order valence-electron chi connectivity index (χ1n) is 17.0. The smallest absolute Gasteiger partial charge is 0.341 e. The van der Waals surface area contributed by atoms with E-state index in [0.29, 0.717) is 42.7 Å². The van der Waals surface area contributed by atoms with E-state index in [1.165, 1.54) is 12.3 Å². The Labute approximate surface area is 267 Å². The molecule has 46 heavy (non-hydrogen) atoms. The van der Waals surface area contributed by atoms with Crippen LogP contribution in [0.2, 0.25) is 0 Å². The first-order valence-corrected chi connectivity index (χ1v) is 17.0. The molecule has 8 atom stereocenters. The summed E-state index contributed by atoms with van der Waals surface area (Å²) < 4.78 is 36.7. The number of pyridine rings is 1. The molecule has 1 spiro atoms. The predicted octanol–water partition coefficient (Wildman–Crippen LogP) is 4.52.